The van der Waals surface area contributed by atoms with Gasteiger partial charge in [0.05, 0.1) is 6.54 Å². The summed E-state index contributed by atoms with van der Waals surface area (Å²) in [5.74, 6) is 0.849. The van der Waals surface area contributed by atoms with Crippen molar-refractivity contribution in [3.05, 3.63) is 35.4 Å². The fourth-order valence-corrected chi connectivity index (χ4v) is 3.16. The first kappa shape index (κ1) is 15.8. The van der Waals surface area contributed by atoms with Crippen LogP contribution >= 0.6 is 0 Å². The number of rotatable bonds is 6. The highest BCUT2D eigenvalue weighted by Gasteiger charge is 2.39. The van der Waals surface area contributed by atoms with Gasteiger partial charge in [0.1, 0.15) is 5.54 Å². The maximum atomic E-state index is 12.4. The third-order valence-corrected chi connectivity index (χ3v) is 4.44. The summed E-state index contributed by atoms with van der Waals surface area (Å²) in [6.07, 6.45) is 3.16. The molecule has 0 atom stereocenters. The topological polar surface area (TPSA) is 91.5 Å². The van der Waals surface area contributed by atoms with Gasteiger partial charge in [0.2, 0.25) is 5.91 Å². The Morgan fingerprint density at radius 3 is 2.57 bits per heavy atom. The van der Waals surface area contributed by atoms with Crippen LogP contribution in [0.15, 0.2) is 29.3 Å². The summed E-state index contributed by atoms with van der Waals surface area (Å²) in [5.41, 5.74) is 7.93. The predicted octanol–water partition coefficient (Wildman–Crippen LogP) is -0.0721. The van der Waals surface area contributed by atoms with Crippen molar-refractivity contribution < 1.29 is 4.79 Å². The molecule has 0 radical (unpaired) electrons. The van der Waals surface area contributed by atoms with E-state index in [9.17, 15) is 4.79 Å². The molecule has 5 N–H and O–H groups in total. The first-order valence-corrected chi connectivity index (χ1v) is 8.33. The Morgan fingerprint density at radius 1 is 1.22 bits per heavy atom. The smallest absolute Gasteiger partial charge is 0.240 e. The second kappa shape index (κ2) is 7.00. The molecule has 1 aliphatic carbocycles. The zero-order valence-corrected chi connectivity index (χ0v) is 13.4. The molecule has 3 rings (SSSR count). The highest BCUT2D eigenvalue weighted by Crippen LogP contribution is 2.28. The third kappa shape index (κ3) is 3.82. The van der Waals surface area contributed by atoms with Crippen molar-refractivity contribution >= 4 is 11.9 Å². The Bertz CT molecular complexity index is 573. The van der Waals surface area contributed by atoms with Crippen LogP contribution in [-0.2, 0) is 17.6 Å². The van der Waals surface area contributed by atoms with E-state index >= 15 is 0 Å². The van der Waals surface area contributed by atoms with Gasteiger partial charge in [-0.1, -0.05) is 24.3 Å². The Labute approximate surface area is 136 Å². The molecule has 0 bridgehead atoms. The minimum atomic E-state index is -0.787. The Hall–Kier alpha value is -2.08. The number of hydrogen-bond acceptors (Lipinski definition) is 5. The quantitative estimate of drug-likeness (QED) is 0.553. The lowest BCUT2D eigenvalue weighted by atomic mass is 9.96. The first-order chi connectivity index (χ1) is 11.2. The van der Waals surface area contributed by atoms with Gasteiger partial charge in [-0.3, -0.25) is 9.79 Å². The highest BCUT2D eigenvalue weighted by atomic mass is 16.2. The van der Waals surface area contributed by atoms with Crippen LogP contribution in [0.25, 0.3) is 0 Å². The normalized spacial score (nSPS) is 18.0. The van der Waals surface area contributed by atoms with Crippen LogP contribution in [0.5, 0.6) is 0 Å². The number of hydrogen-bond donors (Lipinski definition) is 4. The molecule has 0 fully saturated rings. The minimum absolute atomic E-state index is 0.0384. The van der Waals surface area contributed by atoms with Crippen LogP contribution < -0.4 is 21.7 Å². The monoisotopic (exact) mass is 315 g/mol. The van der Waals surface area contributed by atoms with Crippen LogP contribution in [0.2, 0.25) is 0 Å². The van der Waals surface area contributed by atoms with E-state index in [4.69, 9.17) is 5.73 Å². The number of fused-ring (bicyclic) bond motifs is 1. The highest BCUT2D eigenvalue weighted by molar-refractivity contribution is 5.88. The number of amides is 1. The molecular weight excluding hydrogens is 290 g/mol. The average molecular weight is 315 g/mol. The average Bonchev–Trinajstić information content (AvgIpc) is 3.17. The summed E-state index contributed by atoms with van der Waals surface area (Å²) in [4.78, 5) is 16.7. The largest absolute Gasteiger partial charge is 0.356 e. The SMILES string of the molecule is NC1(C(=O)NCCCCNC2=NCCN2)Cc2ccccc2C1. The molecule has 1 aliphatic heterocycles. The molecule has 6 heteroatoms. The molecule has 2 aliphatic rings. The van der Waals surface area contributed by atoms with E-state index in [0.717, 1.165) is 38.4 Å². The summed E-state index contributed by atoms with van der Waals surface area (Å²) in [7, 11) is 0. The van der Waals surface area contributed by atoms with E-state index in [1.54, 1.807) is 0 Å². The van der Waals surface area contributed by atoms with Crippen LogP contribution in [-0.4, -0.2) is 43.6 Å². The second-order valence-corrected chi connectivity index (χ2v) is 6.33. The van der Waals surface area contributed by atoms with Crippen LogP contribution in [0, 0.1) is 0 Å². The molecule has 23 heavy (non-hydrogen) atoms. The van der Waals surface area contributed by atoms with Gasteiger partial charge in [-0.2, -0.15) is 0 Å². The van der Waals surface area contributed by atoms with Gasteiger partial charge in [-0.15, -0.1) is 0 Å². The number of aliphatic imine (C=N–C) groups is 1. The van der Waals surface area contributed by atoms with Crippen molar-refractivity contribution in [2.24, 2.45) is 10.7 Å². The molecule has 0 unspecified atom stereocenters. The molecule has 0 saturated heterocycles. The summed E-state index contributed by atoms with van der Waals surface area (Å²) < 4.78 is 0. The third-order valence-electron chi connectivity index (χ3n) is 4.44. The molecule has 6 nitrogen and oxygen atoms in total. The molecular formula is C17H25N5O. The van der Waals surface area contributed by atoms with E-state index in [2.05, 4.69) is 33.1 Å². The Balaban J connectivity index is 1.35. The van der Waals surface area contributed by atoms with Gasteiger partial charge in [-0.05, 0) is 36.8 Å². The van der Waals surface area contributed by atoms with Gasteiger partial charge in [0.15, 0.2) is 5.96 Å². The predicted molar refractivity (Wildman–Crippen MR) is 91.3 cm³/mol. The molecule has 0 spiro atoms. The molecule has 0 saturated carbocycles. The second-order valence-electron chi connectivity index (χ2n) is 6.33. The number of nitrogens with one attached hydrogen (secondary N) is 3. The van der Waals surface area contributed by atoms with Crippen LogP contribution in [0.3, 0.4) is 0 Å². The number of unbranched alkanes of at least 4 members (excludes halogenated alkanes) is 1. The Kier molecular flexibility index (Phi) is 4.81. The van der Waals surface area contributed by atoms with Crippen molar-refractivity contribution in [3.63, 3.8) is 0 Å². The zero-order chi connectivity index (χ0) is 16.1. The van der Waals surface area contributed by atoms with E-state index in [1.165, 1.54) is 11.1 Å². The van der Waals surface area contributed by atoms with Crippen LogP contribution in [0.1, 0.15) is 24.0 Å². The van der Waals surface area contributed by atoms with Crippen molar-refractivity contribution in [2.75, 3.05) is 26.2 Å². The van der Waals surface area contributed by atoms with Crippen molar-refractivity contribution in [1.29, 1.82) is 0 Å². The van der Waals surface area contributed by atoms with Gasteiger partial charge in [0.25, 0.3) is 0 Å². The number of nitrogens with zero attached hydrogens (tertiary/aromatic N) is 1. The number of carbonyl (C=O) groups is 1. The van der Waals surface area contributed by atoms with Gasteiger partial charge in [-0.25, -0.2) is 0 Å². The van der Waals surface area contributed by atoms with Crippen molar-refractivity contribution in [3.8, 4) is 0 Å². The standard InChI is InChI=1S/C17H25N5O/c18-17(11-13-5-1-2-6-14(13)12-17)15(23)19-7-3-4-8-20-16-21-9-10-22-16/h1-2,5-6H,3-4,7-12,18H2,(H,19,23)(H2,20,21,22). The fraction of sp³-hybridized carbons (Fsp3) is 0.529. The maximum Gasteiger partial charge on any atom is 0.240 e. The maximum absolute atomic E-state index is 12.4. The van der Waals surface area contributed by atoms with E-state index in [1.807, 2.05) is 12.1 Å². The molecule has 1 aromatic rings. The lowest BCUT2D eigenvalue weighted by molar-refractivity contribution is -0.126. The van der Waals surface area contributed by atoms with E-state index < -0.39 is 5.54 Å². The van der Waals surface area contributed by atoms with Crippen LogP contribution in [0.4, 0.5) is 0 Å². The fourth-order valence-electron chi connectivity index (χ4n) is 3.16. The summed E-state index contributed by atoms with van der Waals surface area (Å²) in [6, 6.07) is 8.11. The number of benzene rings is 1. The summed E-state index contributed by atoms with van der Waals surface area (Å²) in [5, 5.41) is 9.41. The molecule has 1 amide bonds. The Morgan fingerprint density at radius 2 is 1.91 bits per heavy atom. The van der Waals surface area contributed by atoms with Gasteiger partial charge >= 0.3 is 0 Å². The first-order valence-electron chi connectivity index (χ1n) is 8.33. The lowest BCUT2D eigenvalue weighted by Gasteiger charge is -2.22. The summed E-state index contributed by atoms with van der Waals surface area (Å²) >= 11 is 0. The number of nitrogens with two attached hydrogens (primary N) is 1. The molecule has 0 aromatic heterocycles. The lowest BCUT2D eigenvalue weighted by Crippen LogP contribution is -2.55. The minimum Gasteiger partial charge on any atom is -0.356 e. The summed E-state index contributed by atoms with van der Waals surface area (Å²) in [6.45, 7) is 3.29. The van der Waals surface area contributed by atoms with Gasteiger partial charge in [0, 0.05) is 19.6 Å². The van der Waals surface area contributed by atoms with E-state index in [-0.39, 0.29) is 5.91 Å². The molecule has 124 valence electrons. The number of guanidine groups is 1. The van der Waals surface area contributed by atoms with Crippen molar-refractivity contribution in [1.82, 2.24) is 16.0 Å². The molecule has 1 heterocycles. The van der Waals surface area contributed by atoms with E-state index in [0.29, 0.717) is 19.4 Å². The van der Waals surface area contributed by atoms with Gasteiger partial charge < -0.3 is 21.7 Å². The zero-order valence-electron chi connectivity index (χ0n) is 13.4. The van der Waals surface area contributed by atoms with Crippen molar-refractivity contribution in [2.45, 2.75) is 31.2 Å². The number of carbonyl (C=O) groups excluding carboxylic acids is 1. The molecule has 1 aromatic carbocycles.